The number of fused-ring (bicyclic) bond motifs is 4. The fraction of sp³-hybridized carbons (Fsp3) is 0.194. The second-order valence-corrected chi connectivity index (χ2v) is 16.4. The molecule has 5 nitrogen and oxygen atoms in total. The molecule has 0 spiro atoms. The maximum absolute atomic E-state index is 14.7. The van der Waals surface area contributed by atoms with Crippen molar-refractivity contribution in [2.45, 2.75) is 46.8 Å². The summed E-state index contributed by atoms with van der Waals surface area (Å²) in [7, 11) is -1.98. The van der Waals surface area contributed by atoms with E-state index in [1.54, 1.807) is 12.1 Å². The SMILES string of the molecule is CCn1c(-c2[c-]cc3oc4nc(F)ccc4c3c2)nc2ccccc21.[2H]C([2H])([2H])c1cc(-c2[c-]ccc(C([2H])([2H])[2H])c2F)ncc1[Si](C)(C)C.[Ir]. The van der Waals surface area contributed by atoms with Gasteiger partial charge in [0.2, 0.25) is 11.7 Å². The minimum atomic E-state index is -2.61. The van der Waals surface area contributed by atoms with Crippen molar-refractivity contribution in [2.24, 2.45) is 0 Å². The Labute approximate surface area is 284 Å². The average Bonchev–Trinajstić information content (AvgIpc) is 3.60. The molecule has 0 atom stereocenters. The van der Waals surface area contributed by atoms with Gasteiger partial charge in [0.15, 0.2) is 0 Å². The smallest absolute Gasteiger partial charge is 0.218 e. The normalized spacial score (nSPS) is 14.0. The number of para-hydroxylation sites is 2. The van der Waals surface area contributed by atoms with Crippen LogP contribution in [0.4, 0.5) is 8.78 Å². The van der Waals surface area contributed by atoms with Gasteiger partial charge in [-0.3, -0.25) is 9.37 Å². The van der Waals surface area contributed by atoms with Crippen LogP contribution in [-0.2, 0) is 26.7 Å². The molecular formula is C36H32F2IrN4OSi-2. The van der Waals surface area contributed by atoms with Crippen molar-refractivity contribution in [3.8, 4) is 22.6 Å². The first-order valence-electron chi connectivity index (χ1n) is 17.1. The molecule has 9 heteroatoms. The summed E-state index contributed by atoms with van der Waals surface area (Å²) in [6.45, 7) is 3.92. The summed E-state index contributed by atoms with van der Waals surface area (Å²) in [5.74, 6) is -0.647. The predicted octanol–water partition coefficient (Wildman–Crippen LogP) is 8.80. The molecule has 1 radical (unpaired) electrons. The number of benzene rings is 3. The number of halogens is 2. The van der Waals surface area contributed by atoms with Gasteiger partial charge < -0.3 is 14.0 Å². The molecular weight excluding hydrogens is 763 g/mol. The molecule has 0 saturated heterocycles. The third-order valence-corrected chi connectivity index (χ3v) is 9.36. The molecule has 0 amide bonds. The van der Waals surface area contributed by atoms with E-state index in [2.05, 4.69) is 39.7 Å². The summed E-state index contributed by atoms with van der Waals surface area (Å²) in [6, 6.07) is 24.5. The van der Waals surface area contributed by atoms with Crippen molar-refractivity contribution < 1.29 is 41.5 Å². The summed E-state index contributed by atoms with van der Waals surface area (Å²) in [5, 5.41) is 2.33. The van der Waals surface area contributed by atoms with E-state index in [0.29, 0.717) is 16.5 Å². The van der Waals surface area contributed by atoms with Crippen molar-refractivity contribution in [3.05, 3.63) is 108 Å². The van der Waals surface area contributed by atoms with Crippen LogP contribution in [0.2, 0.25) is 19.6 Å². The molecule has 0 aliphatic carbocycles. The molecule has 231 valence electrons. The molecule has 7 aromatic rings. The molecule has 0 saturated carbocycles. The second kappa shape index (κ2) is 12.8. The zero-order valence-corrected chi connectivity index (χ0v) is 28.3. The number of pyridine rings is 2. The van der Waals surface area contributed by atoms with Gasteiger partial charge in [-0.05, 0) is 48.9 Å². The van der Waals surface area contributed by atoms with E-state index in [1.807, 2.05) is 43.9 Å². The molecule has 4 heterocycles. The molecule has 0 aliphatic heterocycles. The molecule has 0 aliphatic rings. The van der Waals surface area contributed by atoms with Gasteiger partial charge in [0.25, 0.3) is 0 Å². The largest absolute Gasteiger partial charge is 0.486 e. The van der Waals surface area contributed by atoms with Crippen molar-refractivity contribution >= 4 is 46.4 Å². The van der Waals surface area contributed by atoms with Gasteiger partial charge in [0.1, 0.15) is 0 Å². The summed E-state index contributed by atoms with van der Waals surface area (Å²) in [4.78, 5) is 12.8. The van der Waals surface area contributed by atoms with E-state index >= 15 is 0 Å². The first kappa shape index (κ1) is 25.2. The maximum Gasteiger partial charge on any atom is 0.218 e. The summed E-state index contributed by atoms with van der Waals surface area (Å²) in [5.41, 5.74) is 3.47. The van der Waals surface area contributed by atoms with Crippen molar-refractivity contribution in [1.82, 2.24) is 19.5 Å². The van der Waals surface area contributed by atoms with Gasteiger partial charge in [-0.25, -0.2) is 0 Å². The Hall–Kier alpha value is -4.04. The van der Waals surface area contributed by atoms with Crippen LogP contribution in [0.5, 0.6) is 0 Å². The van der Waals surface area contributed by atoms with Gasteiger partial charge in [-0.15, -0.1) is 42.0 Å². The van der Waals surface area contributed by atoms with Gasteiger partial charge >= 0.3 is 0 Å². The van der Waals surface area contributed by atoms with E-state index in [9.17, 15) is 8.78 Å². The fourth-order valence-corrected chi connectivity index (χ4v) is 6.50. The minimum absolute atomic E-state index is 0. The summed E-state index contributed by atoms with van der Waals surface area (Å²) in [6.07, 6.45) is 1.47. The van der Waals surface area contributed by atoms with Crippen molar-refractivity contribution in [2.75, 3.05) is 0 Å². The van der Waals surface area contributed by atoms with Crippen LogP contribution in [0.25, 0.3) is 55.7 Å². The molecule has 0 bridgehead atoms. The second-order valence-electron chi connectivity index (χ2n) is 11.3. The number of furan rings is 1. The molecule has 0 unspecified atom stereocenters. The Balaban J connectivity index is 0.000000194. The summed E-state index contributed by atoms with van der Waals surface area (Å²) >= 11 is 0. The average molecular weight is 801 g/mol. The maximum atomic E-state index is 14.7. The first-order valence-corrected chi connectivity index (χ1v) is 17.6. The third-order valence-electron chi connectivity index (χ3n) is 7.35. The third kappa shape index (κ3) is 6.25. The van der Waals surface area contributed by atoms with Crippen LogP contribution in [0.15, 0.2) is 77.3 Å². The van der Waals surface area contributed by atoms with Crippen LogP contribution in [0.3, 0.4) is 0 Å². The monoisotopic (exact) mass is 801 g/mol. The number of rotatable bonds is 4. The van der Waals surface area contributed by atoms with Crippen LogP contribution >= 0.6 is 0 Å². The number of hydrogen-bond acceptors (Lipinski definition) is 4. The predicted molar refractivity (Wildman–Crippen MR) is 176 cm³/mol. The Morgan fingerprint density at radius 1 is 0.956 bits per heavy atom. The molecule has 0 N–H and O–H groups in total. The number of imidazole rings is 1. The Morgan fingerprint density at radius 3 is 2.51 bits per heavy atom. The Morgan fingerprint density at radius 2 is 1.76 bits per heavy atom. The minimum Gasteiger partial charge on any atom is -0.486 e. The molecule has 7 rings (SSSR count). The standard InChI is InChI=1S/C20H13FN3O.C16H19FNSi.Ir/c1-2-24-16-6-4-3-5-15(16)22-19(24)12-7-9-17-14(11-12)13-8-10-18(21)23-20(13)25-17;1-11-7-6-8-13(16(11)17)14-9-12(2)15(10-18-14)19(3,4)5;/h3-6,8-11H,2H2,1H3;6-7,9-10H,1-5H3;/q2*-1;/i;1D3,2D3;. The van der Waals surface area contributed by atoms with Gasteiger partial charge in [-0.2, -0.15) is 9.37 Å². The number of nitrogens with zero attached hydrogens (tertiary/aromatic N) is 4. The van der Waals surface area contributed by atoms with Crippen LogP contribution in [0, 0.1) is 37.6 Å². The van der Waals surface area contributed by atoms with Crippen LogP contribution < -0.4 is 5.19 Å². The number of aromatic nitrogens is 4. The van der Waals surface area contributed by atoms with Crippen LogP contribution in [0.1, 0.15) is 26.3 Å². The Bertz CT molecular complexity index is 2390. The zero-order chi connectivity index (χ0) is 36.2. The zero-order valence-electron chi connectivity index (χ0n) is 30.9. The number of aryl methyl sites for hydroxylation is 3. The first-order chi connectivity index (χ1) is 23.5. The van der Waals surface area contributed by atoms with E-state index in [4.69, 9.17) is 17.6 Å². The quantitative estimate of drug-likeness (QED) is 0.102. The fourth-order valence-electron chi connectivity index (χ4n) is 5.16. The molecule has 0 fully saturated rings. The van der Waals surface area contributed by atoms with Crippen molar-refractivity contribution in [1.29, 1.82) is 0 Å². The van der Waals surface area contributed by atoms with E-state index in [0.717, 1.165) is 45.8 Å². The topological polar surface area (TPSA) is 56.7 Å². The van der Waals surface area contributed by atoms with Gasteiger partial charge in [0, 0.05) is 52.3 Å². The molecule has 3 aromatic carbocycles. The van der Waals surface area contributed by atoms with E-state index in [1.165, 1.54) is 24.4 Å². The van der Waals surface area contributed by atoms with Crippen molar-refractivity contribution in [3.63, 3.8) is 0 Å². The van der Waals surface area contributed by atoms with Crippen LogP contribution in [-0.4, -0.2) is 27.6 Å². The Kier molecular flexibility index (Phi) is 7.14. The van der Waals surface area contributed by atoms with Gasteiger partial charge in [-0.1, -0.05) is 66.8 Å². The summed E-state index contributed by atoms with van der Waals surface area (Å²) < 4.78 is 81.3. The molecule has 4 aromatic heterocycles. The number of hydrogen-bond donors (Lipinski definition) is 0. The van der Waals surface area contributed by atoms with Gasteiger partial charge in [0.05, 0.1) is 30.5 Å². The van der Waals surface area contributed by atoms with E-state index < -0.39 is 39.1 Å². The molecule has 45 heavy (non-hydrogen) atoms. The van der Waals surface area contributed by atoms with E-state index in [-0.39, 0.29) is 36.9 Å².